The van der Waals surface area contributed by atoms with Crippen molar-refractivity contribution in [3.8, 4) is 0 Å². The minimum atomic E-state index is -0.769. The van der Waals surface area contributed by atoms with E-state index in [2.05, 4.69) is 4.98 Å². The maximum atomic E-state index is 13.2. The van der Waals surface area contributed by atoms with Gasteiger partial charge in [-0.3, -0.25) is 4.79 Å². The Labute approximate surface area is 109 Å². The zero-order valence-corrected chi connectivity index (χ0v) is 10.2. The number of pyridine rings is 1. The van der Waals surface area contributed by atoms with Gasteiger partial charge in [0.05, 0.1) is 11.4 Å². The highest BCUT2D eigenvalue weighted by molar-refractivity contribution is 5.80. The van der Waals surface area contributed by atoms with Crippen LogP contribution >= 0.6 is 0 Å². The lowest BCUT2D eigenvalue weighted by atomic mass is 10.1. The molecule has 1 aromatic carbocycles. The van der Waals surface area contributed by atoms with Crippen molar-refractivity contribution in [2.24, 2.45) is 5.92 Å². The zero-order chi connectivity index (χ0) is 13.4. The third-order valence-electron chi connectivity index (χ3n) is 3.50. The molecule has 5 heteroatoms. The number of carbonyl (C=O) groups is 1. The fraction of sp³-hybridized carbons (Fsp3) is 0.286. The van der Waals surface area contributed by atoms with Gasteiger partial charge in [0.1, 0.15) is 11.6 Å². The fourth-order valence-corrected chi connectivity index (χ4v) is 2.43. The summed E-state index contributed by atoms with van der Waals surface area (Å²) in [7, 11) is 0. The molecular weight excluding hydrogens is 247 g/mol. The summed E-state index contributed by atoms with van der Waals surface area (Å²) in [6, 6.07) is 8.21. The highest BCUT2D eigenvalue weighted by Gasteiger charge is 2.28. The number of carboxylic acid groups (broad SMARTS) is 1. The van der Waals surface area contributed by atoms with Crippen molar-refractivity contribution < 1.29 is 14.3 Å². The van der Waals surface area contributed by atoms with Crippen molar-refractivity contribution >= 4 is 22.7 Å². The second kappa shape index (κ2) is 4.50. The van der Waals surface area contributed by atoms with E-state index in [-0.39, 0.29) is 11.7 Å². The third kappa shape index (κ3) is 2.23. The smallest absolute Gasteiger partial charge is 0.308 e. The van der Waals surface area contributed by atoms with Gasteiger partial charge in [-0.25, -0.2) is 9.37 Å². The van der Waals surface area contributed by atoms with Crippen molar-refractivity contribution in [1.82, 2.24) is 4.98 Å². The number of hydrogen-bond acceptors (Lipinski definition) is 3. The van der Waals surface area contributed by atoms with Gasteiger partial charge in [-0.2, -0.15) is 0 Å². The number of halogens is 1. The molecule has 2 heterocycles. The number of nitrogens with zero attached hydrogens (tertiary/aromatic N) is 2. The average molecular weight is 260 g/mol. The Morgan fingerprint density at radius 2 is 2.16 bits per heavy atom. The molecule has 2 aromatic rings. The summed E-state index contributed by atoms with van der Waals surface area (Å²) >= 11 is 0. The lowest BCUT2D eigenvalue weighted by Gasteiger charge is -2.17. The largest absolute Gasteiger partial charge is 0.481 e. The molecule has 0 amide bonds. The highest BCUT2D eigenvalue weighted by atomic mass is 19.1. The van der Waals surface area contributed by atoms with Crippen LogP contribution in [0.3, 0.4) is 0 Å². The number of rotatable bonds is 2. The van der Waals surface area contributed by atoms with Crippen LogP contribution in [0.25, 0.3) is 10.9 Å². The summed E-state index contributed by atoms with van der Waals surface area (Å²) in [6.45, 7) is 1.13. The van der Waals surface area contributed by atoms with E-state index in [1.54, 1.807) is 6.07 Å². The minimum Gasteiger partial charge on any atom is -0.481 e. The molecule has 4 nitrogen and oxygen atoms in total. The maximum Gasteiger partial charge on any atom is 0.308 e. The van der Waals surface area contributed by atoms with E-state index in [4.69, 9.17) is 5.11 Å². The Hall–Kier alpha value is -2.17. The molecule has 1 aromatic heterocycles. The molecule has 1 atom stereocenters. The Morgan fingerprint density at radius 1 is 1.37 bits per heavy atom. The SMILES string of the molecule is O=C(O)C1CCN(c2ccc3ccc(F)cc3n2)C1. The normalized spacial score (nSPS) is 19.0. The quantitative estimate of drug-likeness (QED) is 0.900. The molecule has 1 aliphatic rings. The van der Waals surface area contributed by atoms with Gasteiger partial charge in [-0.05, 0) is 30.7 Å². The molecule has 1 N–H and O–H groups in total. The second-order valence-corrected chi connectivity index (χ2v) is 4.78. The van der Waals surface area contributed by atoms with Gasteiger partial charge in [0.2, 0.25) is 0 Å². The molecule has 0 bridgehead atoms. The van der Waals surface area contributed by atoms with Crippen LogP contribution in [0.2, 0.25) is 0 Å². The van der Waals surface area contributed by atoms with E-state index in [1.807, 2.05) is 17.0 Å². The summed E-state index contributed by atoms with van der Waals surface area (Å²) in [5.41, 5.74) is 0.594. The molecule has 0 saturated carbocycles. The van der Waals surface area contributed by atoms with Crippen LogP contribution in [0, 0.1) is 11.7 Å². The molecule has 0 radical (unpaired) electrons. The first-order valence-corrected chi connectivity index (χ1v) is 6.17. The van der Waals surface area contributed by atoms with E-state index in [0.717, 1.165) is 5.39 Å². The second-order valence-electron chi connectivity index (χ2n) is 4.78. The van der Waals surface area contributed by atoms with Crippen molar-refractivity contribution in [2.75, 3.05) is 18.0 Å². The topological polar surface area (TPSA) is 53.4 Å². The van der Waals surface area contributed by atoms with Gasteiger partial charge >= 0.3 is 5.97 Å². The number of carboxylic acids is 1. The summed E-state index contributed by atoms with van der Waals surface area (Å²) in [5.74, 6) is -0.719. The molecule has 1 fully saturated rings. The van der Waals surface area contributed by atoms with E-state index in [9.17, 15) is 9.18 Å². The molecule has 1 unspecified atom stereocenters. The highest BCUT2D eigenvalue weighted by Crippen LogP contribution is 2.24. The first-order chi connectivity index (χ1) is 9.13. The van der Waals surface area contributed by atoms with Gasteiger partial charge < -0.3 is 10.0 Å². The summed E-state index contributed by atoms with van der Waals surface area (Å²) in [4.78, 5) is 17.3. The molecule has 1 aliphatic heterocycles. The number of benzene rings is 1. The Morgan fingerprint density at radius 3 is 2.89 bits per heavy atom. The number of aliphatic carboxylic acids is 1. The van der Waals surface area contributed by atoms with E-state index in [1.165, 1.54) is 12.1 Å². The summed E-state index contributed by atoms with van der Waals surface area (Å²) in [6.07, 6.45) is 0.623. The van der Waals surface area contributed by atoms with Crippen LogP contribution in [0.5, 0.6) is 0 Å². The molecule has 98 valence electrons. The number of hydrogen-bond donors (Lipinski definition) is 1. The lowest BCUT2D eigenvalue weighted by molar-refractivity contribution is -0.140. The van der Waals surface area contributed by atoms with Crippen LogP contribution in [-0.4, -0.2) is 29.1 Å². The van der Waals surface area contributed by atoms with Crippen LogP contribution in [0.4, 0.5) is 10.2 Å². The predicted octanol–water partition coefficient (Wildman–Crippen LogP) is 2.28. The number of fused-ring (bicyclic) bond motifs is 1. The summed E-state index contributed by atoms with van der Waals surface area (Å²) < 4.78 is 13.2. The van der Waals surface area contributed by atoms with Gasteiger partial charge in [0.15, 0.2) is 0 Å². The van der Waals surface area contributed by atoms with Crippen LogP contribution in [0.15, 0.2) is 30.3 Å². The molecular formula is C14H13FN2O2. The Bertz CT molecular complexity index is 644. The van der Waals surface area contributed by atoms with E-state index < -0.39 is 5.97 Å². The van der Waals surface area contributed by atoms with Gasteiger partial charge in [-0.15, -0.1) is 0 Å². The predicted molar refractivity (Wildman–Crippen MR) is 69.7 cm³/mol. The van der Waals surface area contributed by atoms with Crippen LogP contribution in [-0.2, 0) is 4.79 Å². The van der Waals surface area contributed by atoms with Crippen LogP contribution < -0.4 is 4.90 Å². The van der Waals surface area contributed by atoms with Crippen molar-refractivity contribution in [2.45, 2.75) is 6.42 Å². The maximum absolute atomic E-state index is 13.2. The third-order valence-corrected chi connectivity index (χ3v) is 3.50. The van der Waals surface area contributed by atoms with E-state index in [0.29, 0.717) is 30.8 Å². The molecule has 3 rings (SSSR count). The zero-order valence-electron chi connectivity index (χ0n) is 10.2. The average Bonchev–Trinajstić information content (AvgIpc) is 2.87. The lowest BCUT2D eigenvalue weighted by Crippen LogP contribution is -2.23. The minimum absolute atomic E-state index is 0.318. The first-order valence-electron chi connectivity index (χ1n) is 6.17. The standard InChI is InChI=1S/C14H13FN2O2/c15-11-3-1-9-2-4-13(16-12(9)7-11)17-6-5-10(8-17)14(18)19/h1-4,7,10H,5-6,8H2,(H,18,19). The van der Waals surface area contributed by atoms with Crippen LogP contribution in [0.1, 0.15) is 6.42 Å². The summed E-state index contributed by atoms with van der Waals surface area (Å²) in [5, 5.41) is 9.86. The van der Waals surface area contributed by atoms with Crippen molar-refractivity contribution in [3.63, 3.8) is 0 Å². The monoisotopic (exact) mass is 260 g/mol. The van der Waals surface area contributed by atoms with Crippen molar-refractivity contribution in [1.29, 1.82) is 0 Å². The molecule has 1 saturated heterocycles. The van der Waals surface area contributed by atoms with Gasteiger partial charge in [-0.1, -0.05) is 0 Å². The van der Waals surface area contributed by atoms with Gasteiger partial charge in [0, 0.05) is 24.5 Å². The van der Waals surface area contributed by atoms with E-state index >= 15 is 0 Å². The molecule has 0 spiro atoms. The molecule has 0 aliphatic carbocycles. The first kappa shape index (κ1) is 11.9. The van der Waals surface area contributed by atoms with Crippen molar-refractivity contribution in [3.05, 3.63) is 36.1 Å². The molecule has 19 heavy (non-hydrogen) atoms. The Kier molecular flexibility index (Phi) is 2.81. The number of aromatic nitrogens is 1. The van der Waals surface area contributed by atoms with Gasteiger partial charge in [0.25, 0.3) is 0 Å². The number of anilines is 1. The Balaban J connectivity index is 1.91. The fourth-order valence-electron chi connectivity index (χ4n) is 2.43.